The third kappa shape index (κ3) is 1.61. The summed E-state index contributed by atoms with van der Waals surface area (Å²) in [6.07, 6.45) is 4.11. The van der Waals surface area contributed by atoms with Crippen LogP contribution < -0.4 is 0 Å². The molecule has 0 saturated heterocycles. The molecule has 0 saturated carbocycles. The van der Waals surface area contributed by atoms with E-state index in [4.69, 9.17) is 0 Å². The number of aromatic amines is 1. The number of aryl methyl sites for hydroxylation is 1. The van der Waals surface area contributed by atoms with Gasteiger partial charge in [-0.15, -0.1) is 0 Å². The molecule has 1 N–H and O–H groups in total. The number of H-pyrrole nitrogens is 1. The van der Waals surface area contributed by atoms with Crippen LogP contribution in [0.15, 0.2) is 22.8 Å². The monoisotopic (exact) mass is 238 g/mol. The summed E-state index contributed by atoms with van der Waals surface area (Å²) in [6.45, 7) is 2.18. The SMILES string of the molecule is CCCc1cc(Br)cc2cn[nH]c12. The molecule has 0 unspecified atom stereocenters. The molecule has 0 amide bonds. The van der Waals surface area contributed by atoms with Gasteiger partial charge in [0.05, 0.1) is 11.7 Å². The molecule has 1 aromatic carbocycles. The van der Waals surface area contributed by atoms with Crippen molar-refractivity contribution in [2.24, 2.45) is 0 Å². The van der Waals surface area contributed by atoms with Gasteiger partial charge in [0.25, 0.3) is 0 Å². The fraction of sp³-hybridized carbons (Fsp3) is 0.300. The minimum Gasteiger partial charge on any atom is -0.278 e. The maximum Gasteiger partial charge on any atom is 0.0683 e. The lowest BCUT2D eigenvalue weighted by Crippen LogP contribution is -1.85. The largest absolute Gasteiger partial charge is 0.278 e. The first-order chi connectivity index (χ1) is 6.31. The molecule has 68 valence electrons. The van der Waals surface area contributed by atoms with Crippen molar-refractivity contribution in [3.05, 3.63) is 28.4 Å². The number of fused-ring (bicyclic) bond motifs is 1. The Bertz CT molecular complexity index is 420. The summed E-state index contributed by atoms with van der Waals surface area (Å²) in [5.41, 5.74) is 2.51. The molecule has 2 rings (SSSR count). The van der Waals surface area contributed by atoms with Crippen molar-refractivity contribution < 1.29 is 0 Å². The van der Waals surface area contributed by atoms with Gasteiger partial charge in [0, 0.05) is 9.86 Å². The summed E-state index contributed by atoms with van der Waals surface area (Å²) in [5.74, 6) is 0. The molecule has 0 aliphatic rings. The predicted octanol–water partition coefficient (Wildman–Crippen LogP) is 3.28. The van der Waals surface area contributed by atoms with Crippen LogP contribution in [0.3, 0.4) is 0 Å². The lowest BCUT2D eigenvalue weighted by molar-refractivity contribution is 0.923. The predicted molar refractivity (Wildman–Crippen MR) is 57.8 cm³/mol. The minimum absolute atomic E-state index is 1.10. The van der Waals surface area contributed by atoms with Crippen molar-refractivity contribution in [3.8, 4) is 0 Å². The Balaban J connectivity index is 2.63. The molecule has 0 atom stereocenters. The Hall–Kier alpha value is -0.830. The van der Waals surface area contributed by atoms with Gasteiger partial charge >= 0.3 is 0 Å². The quantitative estimate of drug-likeness (QED) is 0.855. The van der Waals surface area contributed by atoms with E-state index in [1.54, 1.807) is 0 Å². The number of benzene rings is 1. The van der Waals surface area contributed by atoms with Gasteiger partial charge in [-0.05, 0) is 24.1 Å². The van der Waals surface area contributed by atoms with E-state index in [1.807, 2.05) is 6.20 Å². The molecule has 1 aromatic heterocycles. The normalized spacial score (nSPS) is 10.9. The highest BCUT2D eigenvalue weighted by molar-refractivity contribution is 9.10. The second kappa shape index (κ2) is 3.50. The van der Waals surface area contributed by atoms with Crippen LogP contribution >= 0.6 is 15.9 Å². The van der Waals surface area contributed by atoms with Gasteiger partial charge in [0.1, 0.15) is 0 Å². The van der Waals surface area contributed by atoms with E-state index >= 15 is 0 Å². The summed E-state index contributed by atoms with van der Waals surface area (Å²) < 4.78 is 1.13. The molecule has 0 fully saturated rings. The van der Waals surface area contributed by atoms with Crippen molar-refractivity contribution in [2.45, 2.75) is 19.8 Å². The van der Waals surface area contributed by atoms with Crippen molar-refractivity contribution in [2.75, 3.05) is 0 Å². The third-order valence-electron chi connectivity index (χ3n) is 2.11. The van der Waals surface area contributed by atoms with Gasteiger partial charge in [-0.2, -0.15) is 5.10 Å². The molecule has 13 heavy (non-hydrogen) atoms. The molecular weight excluding hydrogens is 228 g/mol. The Morgan fingerprint density at radius 2 is 2.31 bits per heavy atom. The first kappa shape index (κ1) is 8.75. The lowest BCUT2D eigenvalue weighted by Gasteiger charge is -2.01. The van der Waals surface area contributed by atoms with Gasteiger partial charge in [0.2, 0.25) is 0 Å². The second-order valence-electron chi connectivity index (χ2n) is 3.15. The number of nitrogens with one attached hydrogen (secondary N) is 1. The molecule has 2 nitrogen and oxygen atoms in total. The molecule has 3 heteroatoms. The summed E-state index contributed by atoms with van der Waals surface area (Å²) in [6, 6.07) is 4.24. The number of rotatable bonds is 2. The molecule has 0 bridgehead atoms. The molecule has 0 aliphatic heterocycles. The minimum atomic E-state index is 1.10. The average molecular weight is 239 g/mol. The number of hydrogen-bond donors (Lipinski definition) is 1. The van der Waals surface area contributed by atoms with Crippen LogP contribution in [0.2, 0.25) is 0 Å². The molecule has 0 aliphatic carbocycles. The number of aromatic nitrogens is 2. The van der Waals surface area contributed by atoms with Crippen LogP contribution in [0, 0.1) is 0 Å². The Morgan fingerprint density at radius 1 is 1.46 bits per heavy atom. The second-order valence-corrected chi connectivity index (χ2v) is 4.06. The van der Waals surface area contributed by atoms with Gasteiger partial charge in [0.15, 0.2) is 0 Å². The van der Waals surface area contributed by atoms with Crippen molar-refractivity contribution in [1.82, 2.24) is 10.2 Å². The van der Waals surface area contributed by atoms with Crippen molar-refractivity contribution >= 4 is 26.8 Å². The van der Waals surface area contributed by atoms with Crippen molar-refractivity contribution in [1.29, 1.82) is 0 Å². The lowest BCUT2D eigenvalue weighted by atomic mass is 10.1. The topological polar surface area (TPSA) is 28.7 Å². The van der Waals surface area contributed by atoms with Crippen LogP contribution in [0.1, 0.15) is 18.9 Å². The molecule has 0 radical (unpaired) electrons. The summed E-state index contributed by atoms with van der Waals surface area (Å²) in [4.78, 5) is 0. The van der Waals surface area contributed by atoms with Gasteiger partial charge in [-0.3, -0.25) is 5.10 Å². The van der Waals surface area contributed by atoms with E-state index in [1.165, 1.54) is 16.5 Å². The zero-order chi connectivity index (χ0) is 9.26. The zero-order valence-corrected chi connectivity index (χ0v) is 9.06. The number of halogens is 1. The zero-order valence-electron chi connectivity index (χ0n) is 7.47. The van der Waals surface area contributed by atoms with Crippen molar-refractivity contribution in [3.63, 3.8) is 0 Å². The van der Waals surface area contributed by atoms with Crippen LogP contribution in [0.5, 0.6) is 0 Å². The highest BCUT2D eigenvalue weighted by Gasteiger charge is 2.03. The number of hydrogen-bond acceptors (Lipinski definition) is 1. The Kier molecular flexibility index (Phi) is 2.36. The van der Waals surface area contributed by atoms with E-state index in [9.17, 15) is 0 Å². The van der Waals surface area contributed by atoms with E-state index in [0.29, 0.717) is 0 Å². The average Bonchev–Trinajstić information content (AvgIpc) is 2.52. The van der Waals surface area contributed by atoms with E-state index < -0.39 is 0 Å². The molecular formula is C10H11BrN2. The van der Waals surface area contributed by atoms with Crippen LogP contribution in [0.4, 0.5) is 0 Å². The summed E-state index contributed by atoms with van der Waals surface area (Å²) in [7, 11) is 0. The maximum absolute atomic E-state index is 4.04. The van der Waals surface area contributed by atoms with Gasteiger partial charge in [-0.25, -0.2) is 0 Å². The smallest absolute Gasteiger partial charge is 0.0683 e. The summed E-state index contributed by atoms with van der Waals surface area (Å²) >= 11 is 3.50. The van der Waals surface area contributed by atoms with E-state index in [-0.39, 0.29) is 0 Å². The maximum atomic E-state index is 4.04. The van der Waals surface area contributed by atoms with E-state index in [2.05, 4.69) is 45.2 Å². The molecule has 2 aromatic rings. The number of nitrogens with zero attached hydrogens (tertiary/aromatic N) is 1. The summed E-state index contributed by atoms with van der Waals surface area (Å²) in [5, 5.41) is 8.25. The van der Waals surface area contributed by atoms with Gasteiger partial charge < -0.3 is 0 Å². The molecule has 1 heterocycles. The highest BCUT2D eigenvalue weighted by Crippen LogP contribution is 2.23. The third-order valence-corrected chi connectivity index (χ3v) is 2.57. The fourth-order valence-electron chi connectivity index (χ4n) is 1.56. The van der Waals surface area contributed by atoms with E-state index in [0.717, 1.165) is 17.3 Å². The first-order valence-electron chi connectivity index (χ1n) is 4.42. The van der Waals surface area contributed by atoms with Crippen LogP contribution in [-0.4, -0.2) is 10.2 Å². The first-order valence-corrected chi connectivity index (χ1v) is 5.22. The molecule has 0 spiro atoms. The van der Waals surface area contributed by atoms with Crippen LogP contribution in [-0.2, 0) is 6.42 Å². The van der Waals surface area contributed by atoms with Crippen LogP contribution in [0.25, 0.3) is 10.9 Å². The Labute approximate surface area is 85.5 Å². The van der Waals surface area contributed by atoms with Gasteiger partial charge in [-0.1, -0.05) is 29.3 Å². The standard InChI is InChI=1S/C10H11BrN2/c1-2-3-7-4-9(11)5-8-6-12-13-10(7)8/h4-6H,2-3H2,1H3,(H,12,13). The fourth-order valence-corrected chi connectivity index (χ4v) is 2.08. The highest BCUT2D eigenvalue weighted by atomic mass is 79.9. The Morgan fingerprint density at radius 3 is 3.08 bits per heavy atom.